The van der Waals surface area contributed by atoms with Gasteiger partial charge in [-0.05, 0) is 31.5 Å². The molecule has 1 rings (SSSR count). The summed E-state index contributed by atoms with van der Waals surface area (Å²) in [5.41, 5.74) is 6.61. The first-order chi connectivity index (χ1) is 7.63. The van der Waals surface area contributed by atoms with Gasteiger partial charge in [-0.1, -0.05) is 5.16 Å². The predicted octanol–water partition coefficient (Wildman–Crippen LogP) is 1.26. The maximum absolute atomic E-state index is 8.46. The molecule has 0 saturated heterocycles. The van der Waals surface area contributed by atoms with Gasteiger partial charge in [0.25, 0.3) is 0 Å². The smallest absolute Gasteiger partial charge is 0.140 e. The number of hydrogen-bond acceptors (Lipinski definition) is 4. The van der Waals surface area contributed by atoms with E-state index < -0.39 is 0 Å². The van der Waals surface area contributed by atoms with Crippen LogP contribution in [0.2, 0.25) is 0 Å². The molecule has 0 bridgehead atoms. The van der Waals surface area contributed by atoms with Crippen LogP contribution < -0.4 is 11.1 Å². The molecule has 0 spiro atoms. The van der Waals surface area contributed by atoms with E-state index >= 15 is 0 Å². The highest BCUT2D eigenvalue weighted by Crippen LogP contribution is 2.11. The lowest BCUT2D eigenvalue weighted by molar-refractivity contribution is 0.315. The second-order valence-corrected chi connectivity index (χ2v) is 3.87. The van der Waals surface area contributed by atoms with Crippen molar-refractivity contribution in [2.45, 2.75) is 32.4 Å². The van der Waals surface area contributed by atoms with Crippen LogP contribution in [0.3, 0.4) is 0 Å². The van der Waals surface area contributed by atoms with Gasteiger partial charge in [-0.2, -0.15) is 0 Å². The predicted molar refractivity (Wildman–Crippen MR) is 63.3 cm³/mol. The Morgan fingerprint density at radius 2 is 2.12 bits per heavy atom. The molecule has 5 heteroatoms. The van der Waals surface area contributed by atoms with Crippen molar-refractivity contribution in [3.8, 4) is 0 Å². The van der Waals surface area contributed by atoms with Crippen LogP contribution in [0.25, 0.3) is 0 Å². The average Bonchev–Trinajstić information content (AvgIpc) is 2.29. The number of nitrogens with zero attached hydrogens (tertiary/aromatic N) is 2. The molecule has 1 aromatic heterocycles. The Morgan fingerprint density at radius 3 is 2.69 bits per heavy atom. The number of aromatic nitrogens is 1. The largest absolute Gasteiger partial charge is 0.409 e. The molecule has 1 unspecified atom stereocenters. The lowest BCUT2D eigenvalue weighted by Gasteiger charge is -2.19. The minimum Gasteiger partial charge on any atom is -0.409 e. The molecule has 0 aromatic carbocycles. The zero-order valence-corrected chi connectivity index (χ0v) is 9.59. The van der Waals surface area contributed by atoms with Gasteiger partial charge in [0.1, 0.15) is 5.84 Å². The number of nitrogens with one attached hydrogen (secondary N) is 1. The van der Waals surface area contributed by atoms with E-state index in [0.29, 0.717) is 6.42 Å². The summed E-state index contributed by atoms with van der Waals surface area (Å²) in [6.45, 7) is 4.06. The van der Waals surface area contributed by atoms with E-state index in [1.54, 1.807) is 12.4 Å². The van der Waals surface area contributed by atoms with Crippen LogP contribution >= 0.6 is 0 Å². The highest BCUT2D eigenvalue weighted by Gasteiger charge is 2.10. The summed E-state index contributed by atoms with van der Waals surface area (Å²) in [6.07, 6.45) is 4.05. The molecule has 0 aliphatic carbocycles. The number of hydrogen-bond donors (Lipinski definition) is 3. The Morgan fingerprint density at radius 1 is 1.50 bits per heavy atom. The van der Waals surface area contributed by atoms with Crippen LogP contribution in [0.15, 0.2) is 29.7 Å². The van der Waals surface area contributed by atoms with Crippen molar-refractivity contribution in [2.24, 2.45) is 10.9 Å². The van der Waals surface area contributed by atoms with E-state index in [1.165, 1.54) is 5.56 Å². The van der Waals surface area contributed by atoms with E-state index in [2.05, 4.69) is 22.4 Å². The Hall–Kier alpha value is -1.62. The third kappa shape index (κ3) is 3.86. The number of rotatable bonds is 5. The Kier molecular flexibility index (Phi) is 4.72. The number of pyridine rings is 1. The van der Waals surface area contributed by atoms with Gasteiger partial charge in [0.05, 0.1) is 0 Å². The van der Waals surface area contributed by atoms with Crippen molar-refractivity contribution in [3.63, 3.8) is 0 Å². The first kappa shape index (κ1) is 12.4. The molecule has 5 nitrogen and oxygen atoms in total. The third-order valence-corrected chi connectivity index (χ3v) is 2.38. The Labute approximate surface area is 95.4 Å². The van der Waals surface area contributed by atoms with E-state index in [-0.39, 0.29) is 17.9 Å². The minimum absolute atomic E-state index is 0.152. The van der Waals surface area contributed by atoms with Gasteiger partial charge >= 0.3 is 0 Å². The third-order valence-electron chi connectivity index (χ3n) is 2.38. The molecule has 0 amide bonds. The zero-order chi connectivity index (χ0) is 12.0. The fourth-order valence-electron chi connectivity index (χ4n) is 1.59. The van der Waals surface area contributed by atoms with Crippen LogP contribution in [0, 0.1) is 0 Å². The van der Waals surface area contributed by atoms with Crippen LogP contribution in [-0.4, -0.2) is 22.1 Å². The van der Waals surface area contributed by atoms with Crippen molar-refractivity contribution in [1.82, 2.24) is 10.3 Å². The molecule has 2 atom stereocenters. The Balaban J connectivity index is 2.48. The molecule has 4 N–H and O–H groups in total. The summed E-state index contributed by atoms with van der Waals surface area (Å²) in [6, 6.07) is 4.30. The highest BCUT2D eigenvalue weighted by atomic mass is 16.4. The molecule has 0 fully saturated rings. The first-order valence-corrected chi connectivity index (χ1v) is 5.26. The normalized spacial score (nSPS) is 15.8. The maximum Gasteiger partial charge on any atom is 0.140 e. The summed E-state index contributed by atoms with van der Waals surface area (Å²) in [4.78, 5) is 3.97. The SMILES string of the molecule is CC(C/C(N)=N/O)N[C@H](C)c1ccncc1. The average molecular weight is 222 g/mol. The summed E-state index contributed by atoms with van der Waals surface area (Å²) < 4.78 is 0. The molecule has 88 valence electrons. The van der Waals surface area contributed by atoms with Gasteiger partial charge in [-0.15, -0.1) is 0 Å². The molecular formula is C11H18N4O. The second kappa shape index (κ2) is 6.07. The fraction of sp³-hybridized carbons (Fsp3) is 0.455. The Bertz CT molecular complexity index is 339. The highest BCUT2D eigenvalue weighted by molar-refractivity contribution is 5.80. The van der Waals surface area contributed by atoms with E-state index in [9.17, 15) is 0 Å². The lowest BCUT2D eigenvalue weighted by atomic mass is 10.1. The van der Waals surface area contributed by atoms with Crippen molar-refractivity contribution < 1.29 is 5.21 Å². The van der Waals surface area contributed by atoms with Crippen LogP contribution in [0.4, 0.5) is 0 Å². The van der Waals surface area contributed by atoms with Crippen molar-refractivity contribution in [3.05, 3.63) is 30.1 Å². The minimum atomic E-state index is 0.152. The molecule has 0 radical (unpaired) electrons. The summed E-state index contributed by atoms with van der Waals surface area (Å²) in [5, 5.41) is 14.8. The molecule has 16 heavy (non-hydrogen) atoms. The van der Waals surface area contributed by atoms with Gasteiger partial charge in [-0.25, -0.2) is 0 Å². The fourth-order valence-corrected chi connectivity index (χ4v) is 1.59. The molecule has 0 aliphatic heterocycles. The number of amidine groups is 1. The monoisotopic (exact) mass is 222 g/mol. The van der Waals surface area contributed by atoms with Crippen LogP contribution in [0.5, 0.6) is 0 Å². The van der Waals surface area contributed by atoms with Crippen molar-refractivity contribution >= 4 is 5.84 Å². The summed E-state index contributed by atoms with van der Waals surface area (Å²) >= 11 is 0. The van der Waals surface area contributed by atoms with Crippen molar-refractivity contribution in [1.29, 1.82) is 0 Å². The molecule has 0 saturated carbocycles. The standard InChI is InChI=1S/C11H18N4O/c1-8(7-11(12)15-16)14-9(2)10-3-5-13-6-4-10/h3-6,8-9,14,16H,7H2,1-2H3,(H2,12,15)/t8?,9-/m1/s1. The molecule has 1 aromatic rings. The lowest BCUT2D eigenvalue weighted by Crippen LogP contribution is -2.33. The molecular weight excluding hydrogens is 204 g/mol. The van der Waals surface area contributed by atoms with Crippen LogP contribution in [0.1, 0.15) is 31.9 Å². The van der Waals surface area contributed by atoms with E-state index in [4.69, 9.17) is 10.9 Å². The van der Waals surface area contributed by atoms with Gasteiger partial charge in [0.15, 0.2) is 0 Å². The molecule has 0 aliphatic rings. The molecule has 1 heterocycles. The zero-order valence-electron chi connectivity index (χ0n) is 9.59. The van der Waals surface area contributed by atoms with Crippen molar-refractivity contribution in [2.75, 3.05) is 0 Å². The second-order valence-electron chi connectivity index (χ2n) is 3.87. The van der Waals surface area contributed by atoms with Crippen LogP contribution in [-0.2, 0) is 0 Å². The first-order valence-electron chi connectivity index (χ1n) is 5.26. The van der Waals surface area contributed by atoms with Gasteiger partial charge in [-0.3, -0.25) is 4.98 Å². The van der Waals surface area contributed by atoms with Gasteiger partial charge in [0.2, 0.25) is 0 Å². The van der Waals surface area contributed by atoms with E-state index in [1.807, 2.05) is 19.1 Å². The maximum atomic E-state index is 8.46. The summed E-state index contributed by atoms with van der Waals surface area (Å²) in [7, 11) is 0. The topological polar surface area (TPSA) is 83.5 Å². The quantitative estimate of drug-likeness (QED) is 0.303. The van der Waals surface area contributed by atoms with Gasteiger partial charge < -0.3 is 16.3 Å². The number of nitrogens with two attached hydrogens (primary N) is 1. The van der Waals surface area contributed by atoms with Gasteiger partial charge in [0, 0.05) is 30.9 Å². The summed E-state index contributed by atoms with van der Waals surface area (Å²) in [5.74, 6) is 0.238. The van der Waals surface area contributed by atoms with E-state index in [0.717, 1.165) is 0 Å². The number of oxime groups is 1.